The minimum Gasteiger partial charge on any atom is -0.225 e. The smallest absolute Gasteiger partial charge is 0.225 e. The van der Waals surface area contributed by atoms with Crippen molar-refractivity contribution < 1.29 is 8.42 Å². The summed E-state index contributed by atoms with van der Waals surface area (Å²) in [6, 6.07) is 3.19. The van der Waals surface area contributed by atoms with Gasteiger partial charge in [0.2, 0.25) is 10.0 Å². The monoisotopic (exact) mass is 199 g/mol. The van der Waals surface area contributed by atoms with Gasteiger partial charge in [-0.25, -0.2) is 13.6 Å². The van der Waals surface area contributed by atoms with Crippen molar-refractivity contribution in [2.24, 2.45) is 5.14 Å². The third-order valence-electron chi connectivity index (χ3n) is 2.23. The van der Waals surface area contributed by atoms with E-state index in [1.165, 1.54) is 0 Å². The van der Waals surface area contributed by atoms with Crippen LogP contribution in [0.5, 0.6) is 0 Å². The van der Waals surface area contributed by atoms with E-state index < -0.39 is 10.0 Å². The van der Waals surface area contributed by atoms with Crippen LogP contribution in [0.4, 0.5) is 0 Å². The third-order valence-corrected chi connectivity index (χ3v) is 3.12. The highest BCUT2D eigenvalue weighted by molar-refractivity contribution is 7.89. The summed E-state index contributed by atoms with van der Waals surface area (Å²) in [6.45, 7) is 5.70. The molecule has 0 saturated heterocycles. The lowest BCUT2D eigenvalue weighted by Crippen LogP contribution is -2.12. The molecule has 0 aliphatic heterocycles. The Morgan fingerprint density at radius 1 is 1.08 bits per heavy atom. The molecule has 2 N–H and O–H groups in total. The molecule has 0 bridgehead atoms. The van der Waals surface area contributed by atoms with Gasteiger partial charge in [-0.15, -0.1) is 0 Å². The fourth-order valence-electron chi connectivity index (χ4n) is 1.16. The quantitative estimate of drug-likeness (QED) is 0.740. The topological polar surface area (TPSA) is 60.2 Å². The number of sulfonamides is 1. The first-order chi connectivity index (χ1) is 5.82. The van der Waals surface area contributed by atoms with E-state index in [4.69, 9.17) is 5.14 Å². The third kappa shape index (κ3) is 2.08. The Morgan fingerprint density at radius 3 is 1.77 bits per heavy atom. The highest BCUT2D eigenvalue weighted by Crippen LogP contribution is 2.17. The van der Waals surface area contributed by atoms with Crippen LogP contribution in [0.3, 0.4) is 0 Å². The van der Waals surface area contributed by atoms with E-state index in [1.54, 1.807) is 12.1 Å². The molecule has 0 spiro atoms. The van der Waals surface area contributed by atoms with Crippen LogP contribution < -0.4 is 5.14 Å². The molecule has 0 fully saturated rings. The molecule has 0 aliphatic rings. The Kier molecular flexibility index (Phi) is 2.45. The molecule has 0 atom stereocenters. The van der Waals surface area contributed by atoms with Crippen LogP contribution in [0.2, 0.25) is 0 Å². The standard InChI is InChI=1S/C9H13NO2S/c1-6-4-9(13(10,11)12)5-7(2)8(6)3/h4-5H,1-3H3,(H2,10,11,12). The largest absolute Gasteiger partial charge is 0.238 e. The first-order valence-electron chi connectivity index (χ1n) is 3.93. The van der Waals surface area contributed by atoms with Crippen LogP contribution >= 0.6 is 0 Å². The summed E-state index contributed by atoms with van der Waals surface area (Å²) in [5.74, 6) is 0. The van der Waals surface area contributed by atoms with Gasteiger partial charge < -0.3 is 0 Å². The lowest BCUT2D eigenvalue weighted by molar-refractivity contribution is 0.597. The minimum absolute atomic E-state index is 0.188. The van der Waals surface area contributed by atoms with Gasteiger partial charge in [0.1, 0.15) is 0 Å². The molecule has 0 aromatic heterocycles. The van der Waals surface area contributed by atoms with Gasteiger partial charge in [-0.05, 0) is 49.6 Å². The van der Waals surface area contributed by atoms with E-state index in [-0.39, 0.29) is 4.90 Å². The number of nitrogens with two attached hydrogens (primary N) is 1. The lowest BCUT2D eigenvalue weighted by atomic mass is 10.1. The molecule has 3 nitrogen and oxygen atoms in total. The molecular weight excluding hydrogens is 186 g/mol. The zero-order valence-electron chi connectivity index (χ0n) is 7.96. The van der Waals surface area contributed by atoms with Gasteiger partial charge >= 0.3 is 0 Å². The molecule has 1 rings (SSSR count). The molecule has 72 valence electrons. The zero-order valence-corrected chi connectivity index (χ0v) is 8.77. The van der Waals surface area contributed by atoms with Crippen molar-refractivity contribution in [3.05, 3.63) is 28.8 Å². The Morgan fingerprint density at radius 2 is 1.46 bits per heavy atom. The second kappa shape index (κ2) is 3.12. The van der Waals surface area contributed by atoms with Crippen molar-refractivity contribution >= 4 is 10.0 Å². The van der Waals surface area contributed by atoms with Crippen molar-refractivity contribution in [1.82, 2.24) is 0 Å². The first-order valence-corrected chi connectivity index (χ1v) is 5.47. The number of rotatable bonds is 1. The van der Waals surface area contributed by atoms with E-state index in [2.05, 4.69) is 0 Å². The van der Waals surface area contributed by atoms with Crippen LogP contribution in [-0.2, 0) is 10.0 Å². The van der Waals surface area contributed by atoms with Gasteiger partial charge in [-0.3, -0.25) is 0 Å². The van der Waals surface area contributed by atoms with E-state index in [9.17, 15) is 8.42 Å². The van der Waals surface area contributed by atoms with Crippen molar-refractivity contribution in [1.29, 1.82) is 0 Å². The Bertz CT molecular complexity index is 412. The van der Waals surface area contributed by atoms with Crippen molar-refractivity contribution in [3.63, 3.8) is 0 Å². The molecule has 13 heavy (non-hydrogen) atoms. The fourth-order valence-corrected chi connectivity index (χ4v) is 1.84. The van der Waals surface area contributed by atoms with Crippen molar-refractivity contribution in [3.8, 4) is 0 Å². The summed E-state index contributed by atoms with van der Waals surface area (Å²) >= 11 is 0. The molecule has 0 radical (unpaired) electrons. The first kappa shape index (κ1) is 10.2. The summed E-state index contributed by atoms with van der Waals surface area (Å²) in [5, 5.41) is 5.02. The SMILES string of the molecule is Cc1cc(S(N)(=O)=O)cc(C)c1C. The van der Waals surface area contributed by atoms with Crippen molar-refractivity contribution in [2.75, 3.05) is 0 Å². The average Bonchev–Trinajstić information content (AvgIpc) is 1.97. The summed E-state index contributed by atoms with van der Waals surface area (Å²) in [7, 11) is -3.56. The van der Waals surface area contributed by atoms with Crippen molar-refractivity contribution in [2.45, 2.75) is 25.7 Å². The Hall–Kier alpha value is -0.870. The van der Waals surface area contributed by atoms with Crippen LogP contribution in [-0.4, -0.2) is 8.42 Å². The predicted molar refractivity (Wildman–Crippen MR) is 52.0 cm³/mol. The normalized spacial score (nSPS) is 11.7. The lowest BCUT2D eigenvalue weighted by Gasteiger charge is -2.06. The molecular formula is C9H13NO2S. The second-order valence-electron chi connectivity index (χ2n) is 3.23. The summed E-state index contributed by atoms with van der Waals surface area (Å²) in [5.41, 5.74) is 3.00. The molecule has 0 heterocycles. The fraction of sp³-hybridized carbons (Fsp3) is 0.333. The number of hydrogen-bond donors (Lipinski definition) is 1. The molecule has 0 saturated carbocycles. The highest BCUT2D eigenvalue weighted by Gasteiger charge is 2.09. The summed E-state index contributed by atoms with van der Waals surface area (Å²) in [6.07, 6.45) is 0. The second-order valence-corrected chi connectivity index (χ2v) is 4.79. The maximum atomic E-state index is 11.0. The average molecular weight is 199 g/mol. The molecule has 0 amide bonds. The number of aryl methyl sites for hydroxylation is 2. The maximum absolute atomic E-state index is 11.0. The zero-order chi connectivity index (χ0) is 10.2. The Labute approximate surface area is 78.6 Å². The van der Waals surface area contributed by atoms with Crippen LogP contribution in [0.15, 0.2) is 17.0 Å². The number of hydrogen-bond acceptors (Lipinski definition) is 2. The van der Waals surface area contributed by atoms with Crippen LogP contribution in [0, 0.1) is 20.8 Å². The number of benzene rings is 1. The van der Waals surface area contributed by atoms with Gasteiger partial charge in [0.05, 0.1) is 4.90 Å². The molecule has 1 aromatic rings. The molecule has 0 aliphatic carbocycles. The summed E-state index contributed by atoms with van der Waals surface area (Å²) < 4.78 is 22.1. The minimum atomic E-state index is -3.56. The van der Waals surface area contributed by atoms with Gasteiger partial charge in [0.25, 0.3) is 0 Å². The molecule has 0 unspecified atom stereocenters. The molecule has 1 aromatic carbocycles. The number of primary sulfonamides is 1. The van der Waals surface area contributed by atoms with Gasteiger partial charge in [-0.2, -0.15) is 0 Å². The van der Waals surface area contributed by atoms with E-state index in [0.717, 1.165) is 16.7 Å². The Balaban J connectivity index is 3.47. The predicted octanol–water partition coefficient (Wildman–Crippen LogP) is 1.26. The molecule has 4 heteroatoms. The van der Waals surface area contributed by atoms with Gasteiger partial charge in [0.15, 0.2) is 0 Å². The maximum Gasteiger partial charge on any atom is 0.238 e. The van der Waals surface area contributed by atoms with Crippen LogP contribution in [0.1, 0.15) is 16.7 Å². The van der Waals surface area contributed by atoms with Gasteiger partial charge in [-0.1, -0.05) is 0 Å². The highest BCUT2D eigenvalue weighted by atomic mass is 32.2. The summed E-state index contributed by atoms with van der Waals surface area (Å²) in [4.78, 5) is 0.188. The van der Waals surface area contributed by atoms with Crippen LogP contribution in [0.25, 0.3) is 0 Å². The van der Waals surface area contributed by atoms with E-state index in [1.807, 2.05) is 20.8 Å². The van der Waals surface area contributed by atoms with Gasteiger partial charge in [0, 0.05) is 0 Å². The van der Waals surface area contributed by atoms with E-state index >= 15 is 0 Å². The van der Waals surface area contributed by atoms with E-state index in [0.29, 0.717) is 0 Å².